The van der Waals surface area contributed by atoms with Crippen molar-refractivity contribution in [2.24, 2.45) is 0 Å². The smallest absolute Gasteiger partial charge is 0.238 e. The minimum absolute atomic E-state index is 0.0942. The van der Waals surface area contributed by atoms with E-state index in [0.717, 1.165) is 5.56 Å². The van der Waals surface area contributed by atoms with Crippen molar-refractivity contribution in [1.82, 2.24) is 4.90 Å². The van der Waals surface area contributed by atoms with Crippen LogP contribution < -0.4 is 10.1 Å². The van der Waals surface area contributed by atoms with E-state index >= 15 is 0 Å². The molecule has 0 heterocycles. The van der Waals surface area contributed by atoms with Crippen molar-refractivity contribution in [2.75, 3.05) is 32.3 Å². The van der Waals surface area contributed by atoms with Crippen LogP contribution in [-0.4, -0.2) is 37.8 Å². The van der Waals surface area contributed by atoms with Gasteiger partial charge in [0.1, 0.15) is 5.75 Å². The minimum Gasteiger partial charge on any atom is -0.495 e. The van der Waals surface area contributed by atoms with Crippen LogP contribution in [0.5, 0.6) is 5.75 Å². The second kappa shape index (κ2) is 9.13. The molecule has 0 bridgehead atoms. The number of rotatable bonds is 7. The van der Waals surface area contributed by atoms with Gasteiger partial charge in [-0.1, -0.05) is 23.7 Å². The third-order valence-corrected chi connectivity index (χ3v) is 4.93. The number of halogens is 1. The van der Waals surface area contributed by atoms with E-state index < -0.39 is 0 Å². The number of anilines is 1. The molecule has 0 aliphatic heterocycles. The Kier molecular flexibility index (Phi) is 7.17. The third-order valence-electron chi connectivity index (χ3n) is 3.78. The van der Waals surface area contributed by atoms with Crippen molar-refractivity contribution in [3.63, 3.8) is 0 Å². The number of nitrogens with zero attached hydrogens (tertiary/aromatic N) is 1. The first-order valence-corrected chi connectivity index (χ1v) is 9.48. The lowest BCUT2D eigenvalue weighted by Crippen LogP contribution is -2.30. The van der Waals surface area contributed by atoms with Crippen LogP contribution >= 0.6 is 23.4 Å². The summed E-state index contributed by atoms with van der Waals surface area (Å²) in [4.78, 5) is 15.5. The number of ether oxygens (including phenoxy) is 1. The first-order valence-electron chi connectivity index (χ1n) is 7.88. The number of carbonyl (C=O) groups excluding carboxylic acids is 1. The fourth-order valence-corrected chi connectivity index (χ4v) is 3.03. The molecule has 1 N–H and O–H groups in total. The van der Waals surface area contributed by atoms with Crippen LogP contribution in [0.2, 0.25) is 5.02 Å². The Balaban J connectivity index is 1.96. The third kappa shape index (κ3) is 5.66. The summed E-state index contributed by atoms with van der Waals surface area (Å²) < 4.78 is 5.29. The van der Waals surface area contributed by atoms with Gasteiger partial charge in [-0.2, -0.15) is 0 Å². The Labute approximate surface area is 158 Å². The summed E-state index contributed by atoms with van der Waals surface area (Å²) in [7, 11) is 3.48. The van der Waals surface area contributed by atoms with Gasteiger partial charge in [-0.25, -0.2) is 0 Å². The number of carbonyl (C=O) groups is 1. The number of likely N-dealkylation sites (N-methyl/N-ethyl adjacent to an activating group) is 1. The zero-order valence-electron chi connectivity index (χ0n) is 14.9. The molecule has 0 saturated heterocycles. The van der Waals surface area contributed by atoms with E-state index in [0.29, 0.717) is 23.0 Å². The van der Waals surface area contributed by atoms with E-state index in [1.54, 1.807) is 24.9 Å². The fourth-order valence-electron chi connectivity index (χ4n) is 2.46. The number of amides is 1. The van der Waals surface area contributed by atoms with Gasteiger partial charge >= 0.3 is 0 Å². The molecule has 25 heavy (non-hydrogen) atoms. The predicted octanol–water partition coefficient (Wildman–Crippen LogP) is 4.45. The summed E-state index contributed by atoms with van der Waals surface area (Å²) in [6.07, 6.45) is 2.05. The van der Waals surface area contributed by atoms with Crippen molar-refractivity contribution < 1.29 is 9.53 Å². The van der Waals surface area contributed by atoms with Crippen LogP contribution in [0.1, 0.15) is 11.1 Å². The van der Waals surface area contributed by atoms with Crippen LogP contribution in [0.4, 0.5) is 5.69 Å². The fraction of sp³-hybridized carbons (Fsp3) is 0.316. The normalized spacial score (nSPS) is 10.8. The van der Waals surface area contributed by atoms with Gasteiger partial charge in [0.15, 0.2) is 0 Å². The molecule has 0 aliphatic carbocycles. The Morgan fingerprint density at radius 3 is 2.56 bits per heavy atom. The lowest BCUT2D eigenvalue weighted by molar-refractivity contribution is -0.117. The number of benzene rings is 2. The molecule has 0 fully saturated rings. The summed E-state index contributed by atoms with van der Waals surface area (Å²) in [5.41, 5.74) is 2.69. The van der Waals surface area contributed by atoms with Crippen LogP contribution in [0, 0.1) is 6.92 Å². The van der Waals surface area contributed by atoms with E-state index in [1.807, 2.05) is 24.9 Å². The Hall–Kier alpha value is -1.69. The van der Waals surface area contributed by atoms with Crippen molar-refractivity contribution in [2.45, 2.75) is 18.4 Å². The van der Waals surface area contributed by atoms with Gasteiger partial charge in [-0.3, -0.25) is 9.69 Å². The van der Waals surface area contributed by atoms with Crippen molar-refractivity contribution in [3.05, 3.63) is 52.5 Å². The molecular weight excluding hydrogens is 356 g/mol. The highest BCUT2D eigenvalue weighted by atomic mass is 35.5. The second-order valence-electron chi connectivity index (χ2n) is 5.87. The molecule has 2 aromatic carbocycles. The summed E-state index contributed by atoms with van der Waals surface area (Å²) in [5.74, 6) is 0.461. The minimum atomic E-state index is -0.0942. The molecule has 0 aliphatic rings. The molecule has 0 atom stereocenters. The first-order chi connectivity index (χ1) is 11.9. The molecule has 2 aromatic rings. The number of hydrogen-bond donors (Lipinski definition) is 1. The Morgan fingerprint density at radius 1 is 1.28 bits per heavy atom. The van der Waals surface area contributed by atoms with Crippen molar-refractivity contribution in [1.29, 1.82) is 0 Å². The maximum atomic E-state index is 12.3. The Morgan fingerprint density at radius 2 is 1.96 bits per heavy atom. The first kappa shape index (κ1) is 19.6. The van der Waals surface area contributed by atoms with Gasteiger partial charge in [-0.15, -0.1) is 11.8 Å². The molecule has 0 aromatic heterocycles. The van der Waals surface area contributed by atoms with Gasteiger partial charge in [0.2, 0.25) is 5.91 Å². The van der Waals surface area contributed by atoms with Gasteiger partial charge in [0.05, 0.1) is 19.3 Å². The SMILES string of the molecule is COc1cc(Cl)c(C)cc1NC(=O)CN(C)Cc1ccc(SC)cc1. The lowest BCUT2D eigenvalue weighted by Gasteiger charge is -2.18. The molecule has 1 amide bonds. The molecule has 2 rings (SSSR count). The molecule has 0 spiro atoms. The molecule has 6 heteroatoms. The highest BCUT2D eigenvalue weighted by molar-refractivity contribution is 7.98. The van der Waals surface area contributed by atoms with Crippen LogP contribution in [0.3, 0.4) is 0 Å². The number of hydrogen-bond acceptors (Lipinski definition) is 4. The molecule has 134 valence electrons. The number of aryl methyl sites for hydroxylation is 1. The second-order valence-corrected chi connectivity index (χ2v) is 7.16. The Bertz CT molecular complexity index is 735. The lowest BCUT2D eigenvalue weighted by atomic mass is 10.2. The highest BCUT2D eigenvalue weighted by Crippen LogP contribution is 2.30. The van der Waals surface area contributed by atoms with E-state index in [2.05, 4.69) is 35.8 Å². The van der Waals surface area contributed by atoms with E-state index in [1.165, 1.54) is 10.5 Å². The standard InChI is InChI=1S/C19H23ClN2O2S/c1-13-9-17(18(24-3)10-16(13)20)21-19(23)12-22(2)11-14-5-7-15(25-4)8-6-14/h5-10H,11-12H2,1-4H3,(H,21,23). The maximum absolute atomic E-state index is 12.3. The summed E-state index contributed by atoms with van der Waals surface area (Å²) in [6.45, 7) is 2.88. The molecule has 4 nitrogen and oxygen atoms in total. The van der Waals surface area contributed by atoms with Crippen molar-refractivity contribution in [3.8, 4) is 5.75 Å². The number of thioether (sulfide) groups is 1. The molecule has 0 radical (unpaired) electrons. The zero-order chi connectivity index (χ0) is 18.4. The summed E-state index contributed by atoms with van der Waals surface area (Å²) in [6, 6.07) is 11.9. The van der Waals surface area contributed by atoms with Gasteiger partial charge in [-0.05, 0) is 49.6 Å². The maximum Gasteiger partial charge on any atom is 0.238 e. The summed E-state index contributed by atoms with van der Waals surface area (Å²) >= 11 is 7.81. The summed E-state index contributed by atoms with van der Waals surface area (Å²) in [5, 5.41) is 3.51. The van der Waals surface area contributed by atoms with Crippen LogP contribution in [-0.2, 0) is 11.3 Å². The van der Waals surface area contributed by atoms with E-state index in [4.69, 9.17) is 16.3 Å². The number of methoxy groups -OCH3 is 1. The topological polar surface area (TPSA) is 41.6 Å². The van der Waals surface area contributed by atoms with Crippen LogP contribution in [0.25, 0.3) is 0 Å². The molecular formula is C19H23ClN2O2S. The average molecular weight is 379 g/mol. The van der Waals surface area contributed by atoms with E-state index in [-0.39, 0.29) is 12.5 Å². The highest BCUT2D eigenvalue weighted by Gasteiger charge is 2.12. The molecule has 0 saturated carbocycles. The average Bonchev–Trinajstić information content (AvgIpc) is 2.58. The quantitative estimate of drug-likeness (QED) is 0.723. The largest absolute Gasteiger partial charge is 0.495 e. The monoisotopic (exact) mass is 378 g/mol. The van der Waals surface area contributed by atoms with E-state index in [9.17, 15) is 4.79 Å². The van der Waals surface area contributed by atoms with Gasteiger partial charge in [0.25, 0.3) is 0 Å². The van der Waals surface area contributed by atoms with Crippen LogP contribution in [0.15, 0.2) is 41.3 Å². The number of nitrogens with one attached hydrogen (secondary N) is 1. The molecule has 0 unspecified atom stereocenters. The van der Waals surface area contributed by atoms with Gasteiger partial charge in [0, 0.05) is 22.5 Å². The zero-order valence-corrected chi connectivity index (χ0v) is 16.5. The predicted molar refractivity (Wildman–Crippen MR) is 106 cm³/mol. The van der Waals surface area contributed by atoms with Gasteiger partial charge < -0.3 is 10.1 Å². The van der Waals surface area contributed by atoms with Crippen molar-refractivity contribution >= 4 is 35.0 Å².